The molecule has 3 N–H and O–H groups in total. The minimum absolute atomic E-state index is 0.155. The first-order valence-electron chi connectivity index (χ1n) is 6.08. The summed E-state index contributed by atoms with van der Waals surface area (Å²) in [5.41, 5.74) is 6.85. The Hall–Kier alpha value is -1.38. The van der Waals surface area contributed by atoms with Crippen LogP contribution in [0.4, 0.5) is 5.00 Å². The number of nitrogens with zero attached hydrogens (tertiary/aromatic N) is 1. The number of nitrogens with one attached hydrogen (secondary N) is 1. The molecule has 1 heterocycles. The molecule has 96 valence electrons. The molecular formula is C13H17N3OS. The van der Waals surface area contributed by atoms with Gasteiger partial charge in [-0.3, -0.25) is 4.79 Å². The second-order valence-corrected chi connectivity index (χ2v) is 6.14. The third kappa shape index (κ3) is 2.14. The van der Waals surface area contributed by atoms with Crippen molar-refractivity contribution in [1.82, 2.24) is 0 Å². The zero-order chi connectivity index (χ0) is 13.3. The molecule has 5 heteroatoms. The normalized spacial score (nSPS) is 17.4. The summed E-state index contributed by atoms with van der Waals surface area (Å²) in [5, 5.41) is 12.6. The SMILES string of the molecule is Cc1sc(NC(=O)C2(N)CCCC2)c(C#N)c1C. The Labute approximate surface area is 111 Å². The van der Waals surface area contributed by atoms with Gasteiger partial charge in [0, 0.05) is 4.88 Å². The Morgan fingerprint density at radius 3 is 2.61 bits per heavy atom. The summed E-state index contributed by atoms with van der Waals surface area (Å²) in [4.78, 5) is 13.2. The monoisotopic (exact) mass is 263 g/mol. The largest absolute Gasteiger partial charge is 0.317 e. The molecule has 0 radical (unpaired) electrons. The number of amides is 1. The average Bonchev–Trinajstić information content (AvgIpc) is 2.87. The minimum Gasteiger partial charge on any atom is -0.317 e. The first-order chi connectivity index (χ1) is 8.48. The molecule has 0 saturated heterocycles. The topological polar surface area (TPSA) is 78.9 Å². The van der Waals surface area contributed by atoms with Crippen LogP contribution >= 0.6 is 11.3 Å². The molecule has 0 spiro atoms. The van der Waals surface area contributed by atoms with Crippen molar-refractivity contribution in [2.45, 2.75) is 45.1 Å². The van der Waals surface area contributed by atoms with Crippen LogP contribution in [0.15, 0.2) is 0 Å². The van der Waals surface area contributed by atoms with Gasteiger partial charge in [0.15, 0.2) is 0 Å². The van der Waals surface area contributed by atoms with Crippen molar-refractivity contribution in [3.05, 3.63) is 16.0 Å². The molecule has 0 atom stereocenters. The summed E-state index contributed by atoms with van der Waals surface area (Å²) >= 11 is 1.44. The Balaban J connectivity index is 2.22. The number of nitriles is 1. The Bertz CT molecular complexity index is 521. The number of aryl methyl sites for hydroxylation is 1. The summed E-state index contributed by atoms with van der Waals surface area (Å²) in [7, 11) is 0. The van der Waals surface area contributed by atoms with Crippen LogP contribution in [0.2, 0.25) is 0 Å². The highest BCUT2D eigenvalue weighted by Gasteiger charge is 2.37. The molecule has 1 aromatic heterocycles. The Kier molecular flexibility index (Phi) is 3.42. The lowest BCUT2D eigenvalue weighted by Gasteiger charge is -2.21. The molecule has 1 saturated carbocycles. The maximum absolute atomic E-state index is 12.2. The van der Waals surface area contributed by atoms with Gasteiger partial charge in [-0.15, -0.1) is 11.3 Å². The van der Waals surface area contributed by atoms with E-state index in [0.717, 1.165) is 36.1 Å². The van der Waals surface area contributed by atoms with Crippen LogP contribution in [0, 0.1) is 25.2 Å². The highest BCUT2D eigenvalue weighted by atomic mass is 32.1. The lowest BCUT2D eigenvalue weighted by Crippen LogP contribution is -2.48. The van der Waals surface area contributed by atoms with Gasteiger partial charge in [0.1, 0.15) is 11.1 Å². The number of anilines is 1. The predicted octanol–water partition coefficient (Wildman–Crippen LogP) is 2.45. The van der Waals surface area contributed by atoms with Crippen LogP contribution in [-0.4, -0.2) is 11.4 Å². The fourth-order valence-electron chi connectivity index (χ4n) is 2.31. The number of hydrogen-bond acceptors (Lipinski definition) is 4. The van der Waals surface area contributed by atoms with Gasteiger partial charge in [0.05, 0.1) is 11.1 Å². The van der Waals surface area contributed by atoms with Crippen LogP contribution in [0.5, 0.6) is 0 Å². The number of nitrogens with two attached hydrogens (primary N) is 1. The van der Waals surface area contributed by atoms with E-state index in [0.29, 0.717) is 10.6 Å². The third-order valence-electron chi connectivity index (χ3n) is 3.67. The van der Waals surface area contributed by atoms with Crippen molar-refractivity contribution < 1.29 is 4.79 Å². The number of carbonyl (C=O) groups is 1. The van der Waals surface area contributed by atoms with Gasteiger partial charge in [0.2, 0.25) is 5.91 Å². The van der Waals surface area contributed by atoms with Crippen molar-refractivity contribution in [2.75, 3.05) is 5.32 Å². The highest BCUT2D eigenvalue weighted by molar-refractivity contribution is 7.16. The molecular weight excluding hydrogens is 246 g/mol. The standard InChI is InChI=1S/C13H17N3OS/c1-8-9(2)18-11(10(8)7-14)16-12(17)13(15)5-3-4-6-13/h3-6,15H2,1-2H3,(H,16,17). The quantitative estimate of drug-likeness (QED) is 0.860. The second-order valence-electron chi connectivity index (χ2n) is 4.92. The van der Waals surface area contributed by atoms with E-state index in [4.69, 9.17) is 11.0 Å². The molecule has 1 amide bonds. The van der Waals surface area contributed by atoms with Gasteiger partial charge in [-0.05, 0) is 32.3 Å². The molecule has 2 rings (SSSR count). The summed E-state index contributed by atoms with van der Waals surface area (Å²) in [6.45, 7) is 3.85. The van der Waals surface area contributed by atoms with E-state index < -0.39 is 5.54 Å². The molecule has 0 unspecified atom stereocenters. The zero-order valence-electron chi connectivity index (χ0n) is 10.7. The number of thiophene rings is 1. The smallest absolute Gasteiger partial charge is 0.245 e. The Morgan fingerprint density at radius 1 is 1.44 bits per heavy atom. The van der Waals surface area contributed by atoms with Crippen LogP contribution < -0.4 is 11.1 Å². The molecule has 1 aliphatic rings. The summed E-state index contributed by atoms with van der Waals surface area (Å²) in [6.07, 6.45) is 3.45. The maximum atomic E-state index is 12.2. The van der Waals surface area contributed by atoms with Gasteiger partial charge in [-0.2, -0.15) is 5.26 Å². The summed E-state index contributed by atoms with van der Waals surface area (Å²) in [5.74, 6) is -0.155. The van der Waals surface area contributed by atoms with Gasteiger partial charge in [0.25, 0.3) is 0 Å². The van der Waals surface area contributed by atoms with Crippen LogP contribution in [-0.2, 0) is 4.79 Å². The average molecular weight is 263 g/mol. The second kappa shape index (κ2) is 4.71. The van der Waals surface area contributed by atoms with Crippen molar-refractivity contribution in [3.63, 3.8) is 0 Å². The van der Waals surface area contributed by atoms with Crippen molar-refractivity contribution >= 4 is 22.2 Å². The van der Waals surface area contributed by atoms with E-state index in [-0.39, 0.29) is 5.91 Å². The van der Waals surface area contributed by atoms with Gasteiger partial charge < -0.3 is 11.1 Å². The molecule has 0 bridgehead atoms. The first-order valence-corrected chi connectivity index (χ1v) is 6.90. The predicted molar refractivity (Wildman–Crippen MR) is 72.5 cm³/mol. The minimum atomic E-state index is -0.751. The number of carbonyl (C=O) groups excluding carboxylic acids is 1. The van der Waals surface area contributed by atoms with Gasteiger partial charge >= 0.3 is 0 Å². The van der Waals surface area contributed by atoms with Gasteiger partial charge in [-0.1, -0.05) is 12.8 Å². The fraction of sp³-hybridized carbons (Fsp3) is 0.538. The summed E-state index contributed by atoms with van der Waals surface area (Å²) in [6, 6.07) is 2.15. The lowest BCUT2D eigenvalue weighted by molar-refractivity contribution is -0.120. The van der Waals surface area contributed by atoms with E-state index in [1.807, 2.05) is 13.8 Å². The first kappa shape index (κ1) is 13.1. The van der Waals surface area contributed by atoms with E-state index in [2.05, 4.69) is 11.4 Å². The van der Waals surface area contributed by atoms with E-state index in [1.165, 1.54) is 11.3 Å². The van der Waals surface area contributed by atoms with Gasteiger partial charge in [-0.25, -0.2) is 0 Å². The Morgan fingerprint density at radius 2 is 2.06 bits per heavy atom. The molecule has 18 heavy (non-hydrogen) atoms. The highest BCUT2D eigenvalue weighted by Crippen LogP contribution is 2.34. The lowest BCUT2D eigenvalue weighted by atomic mass is 9.98. The summed E-state index contributed by atoms with van der Waals surface area (Å²) < 4.78 is 0. The molecule has 1 aromatic rings. The fourth-order valence-corrected chi connectivity index (χ4v) is 3.32. The molecule has 0 aliphatic heterocycles. The molecule has 1 aliphatic carbocycles. The van der Waals surface area contributed by atoms with Crippen LogP contribution in [0.1, 0.15) is 41.7 Å². The maximum Gasteiger partial charge on any atom is 0.245 e. The van der Waals surface area contributed by atoms with Crippen molar-refractivity contribution in [3.8, 4) is 6.07 Å². The number of rotatable bonds is 2. The van der Waals surface area contributed by atoms with E-state index in [9.17, 15) is 4.79 Å². The molecule has 1 fully saturated rings. The molecule has 4 nitrogen and oxygen atoms in total. The van der Waals surface area contributed by atoms with Crippen LogP contribution in [0.3, 0.4) is 0 Å². The van der Waals surface area contributed by atoms with Crippen LogP contribution in [0.25, 0.3) is 0 Å². The van der Waals surface area contributed by atoms with E-state index in [1.54, 1.807) is 0 Å². The van der Waals surface area contributed by atoms with E-state index >= 15 is 0 Å². The van der Waals surface area contributed by atoms with Crippen molar-refractivity contribution in [2.24, 2.45) is 5.73 Å². The van der Waals surface area contributed by atoms with Crippen molar-refractivity contribution in [1.29, 1.82) is 5.26 Å². The molecule has 0 aromatic carbocycles. The zero-order valence-corrected chi connectivity index (χ0v) is 11.5. The third-order valence-corrected chi connectivity index (χ3v) is 4.79. The number of hydrogen-bond donors (Lipinski definition) is 2.